The van der Waals surface area contributed by atoms with E-state index in [0.29, 0.717) is 23.5 Å². The van der Waals surface area contributed by atoms with Gasteiger partial charge < -0.3 is 14.1 Å². The first-order valence-corrected chi connectivity index (χ1v) is 8.17. The molecule has 23 heavy (non-hydrogen) atoms. The third-order valence-corrected chi connectivity index (χ3v) is 4.54. The summed E-state index contributed by atoms with van der Waals surface area (Å²) in [6, 6.07) is 2.44. The van der Waals surface area contributed by atoms with Crippen LogP contribution in [-0.2, 0) is 0 Å². The molecule has 1 fully saturated rings. The molecule has 0 aliphatic carbocycles. The lowest BCUT2D eigenvalue weighted by Crippen LogP contribution is -2.37. The molecule has 0 aromatic carbocycles. The Labute approximate surface area is 136 Å². The summed E-state index contributed by atoms with van der Waals surface area (Å²) in [7, 11) is 1.65. The Hall–Kier alpha value is -1.95. The van der Waals surface area contributed by atoms with E-state index in [4.69, 9.17) is 9.15 Å². The maximum atomic E-state index is 5.89. The molecule has 124 valence electrons. The highest BCUT2D eigenvalue weighted by molar-refractivity contribution is 5.51. The average Bonchev–Trinajstić information content (AvgIpc) is 3.05. The molecule has 0 amide bonds. The number of nitrogens with zero attached hydrogens (tertiary/aromatic N) is 4. The number of rotatable bonds is 4. The maximum absolute atomic E-state index is 5.89. The monoisotopic (exact) mass is 316 g/mol. The predicted octanol–water partition coefficient (Wildman–Crippen LogP) is 3.04. The number of hydrogen-bond donors (Lipinski definition) is 0. The van der Waals surface area contributed by atoms with Gasteiger partial charge in [0.05, 0.1) is 7.11 Å². The fourth-order valence-corrected chi connectivity index (χ4v) is 3.01. The number of ether oxygens (including phenoxy) is 1. The molecule has 0 bridgehead atoms. The molecule has 0 spiro atoms. The van der Waals surface area contributed by atoms with Crippen molar-refractivity contribution < 1.29 is 9.15 Å². The molecule has 3 rings (SSSR count). The van der Waals surface area contributed by atoms with Crippen LogP contribution in [0, 0.1) is 6.92 Å². The number of piperidine rings is 1. The van der Waals surface area contributed by atoms with Gasteiger partial charge in [-0.2, -0.15) is 0 Å². The minimum atomic E-state index is 0.346. The molecule has 6 heteroatoms. The van der Waals surface area contributed by atoms with E-state index < -0.39 is 0 Å². The van der Waals surface area contributed by atoms with Crippen LogP contribution in [0.2, 0.25) is 0 Å². The second kappa shape index (κ2) is 6.66. The van der Waals surface area contributed by atoms with E-state index in [2.05, 4.69) is 33.9 Å². The first-order valence-electron chi connectivity index (χ1n) is 8.17. The van der Waals surface area contributed by atoms with E-state index in [1.54, 1.807) is 13.3 Å². The largest absolute Gasteiger partial charge is 0.496 e. The van der Waals surface area contributed by atoms with Crippen LogP contribution >= 0.6 is 0 Å². The third-order valence-electron chi connectivity index (χ3n) is 4.54. The van der Waals surface area contributed by atoms with Crippen LogP contribution in [0.3, 0.4) is 0 Å². The lowest BCUT2D eigenvalue weighted by Gasteiger charge is -2.33. The summed E-state index contributed by atoms with van der Waals surface area (Å²) in [5.74, 6) is 2.31. The van der Waals surface area contributed by atoms with Gasteiger partial charge in [0, 0.05) is 29.8 Å². The minimum Gasteiger partial charge on any atom is -0.496 e. The zero-order valence-electron chi connectivity index (χ0n) is 14.2. The van der Waals surface area contributed by atoms with Crippen LogP contribution in [-0.4, -0.2) is 46.3 Å². The Kier molecular flexibility index (Phi) is 4.61. The molecule has 1 aliphatic heterocycles. The molecule has 1 aliphatic rings. The highest BCUT2D eigenvalue weighted by atomic mass is 16.5. The van der Waals surface area contributed by atoms with Gasteiger partial charge in [0.15, 0.2) is 0 Å². The molecule has 0 N–H and O–H groups in total. The van der Waals surface area contributed by atoms with Crippen molar-refractivity contribution in [1.29, 1.82) is 0 Å². The zero-order chi connectivity index (χ0) is 16.4. The Morgan fingerprint density at radius 1 is 1.26 bits per heavy atom. The van der Waals surface area contributed by atoms with E-state index in [1.807, 2.05) is 13.0 Å². The van der Waals surface area contributed by atoms with Crippen LogP contribution in [0.15, 0.2) is 16.7 Å². The van der Waals surface area contributed by atoms with E-state index in [9.17, 15) is 0 Å². The number of aryl methyl sites for hydroxylation is 1. The van der Waals surface area contributed by atoms with Gasteiger partial charge in [-0.05, 0) is 46.7 Å². The van der Waals surface area contributed by atoms with E-state index in [1.165, 1.54) is 0 Å². The van der Waals surface area contributed by atoms with Crippen molar-refractivity contribution in [2.75, 3.05) is 20.2 Å². The van der Waals surface area contributed by atoms with Crippen molar-refractivity contribution >= 4 is 0 Å². The summed E-state index contributed by atoms with van der Waals surface area (Å²) >= 11 is 0. The third kappa shape index (κ3) is 3.37. The van der Waals surface area contributed by atoms with Crippen molar-refractivity contribution in [2.24, 2.45) is 0 Å². The van der Waals surface area contributed by atoms with Gasteiger partial charge in [-0.15, -0.1) is 10.2 Å². The van der Waals surface area contributed by atoms with Gasteiger partial charge in [0.25, 0.3) is 5.89 Å². The van der Waals surface area contributed by atoms with Crippen molar-refractivity contribution in [3.8, 4) is 17.3 Å². The molecule has 2 aromatic rings. The second-order valence-corrected chi connectivity index (χ2v) is 6.39. The summed E-state index contributed by atoms with van der Waals surface area (Å²) in [5, 5.41) is 8.42. The number of methoxy groups -OCH3 is 1. The predicted molar refractivity (Wildman–Crippen MR) is 87.5 cm³/mol. The number of aromatic nitrogens is 3. The molecule has 0 unspecified atom stereocenters. The lowest BCUT2D eigenvalue weighted by atomic mass is 9.96. The average molecular weight is 316 g/mol. The fourth-order valence-electron chi connectivity index (χ4n) is 3.01. The first kappa shape index (κ1) is 15.9. The van der Waals surface area contributed by atoms with E-state index in [-0.39, 0.29) is 0 Å². The molecule has 0 saturated carbocycles. The molecule has 1 saturated heterocycles. The second-order valence-electron chi connectivity index (χ2n) is 6.39. The normalized spacial score (nSPS) is 16.9. The molecule has 0 radical (unpaired) electrons. The SMILES string of the molecule is COc1cc(-c2nnc(C3CCN(C(C)C)CC3)o2)ncc1C. The van der Waals surface area contributed by atoms with Crippen LogP contribution in [0.5, 0.6) is 5.75 Å². The van der Waals surface area contributed by atoms with E-state index >= 15 is 0 Å². The van der Waals surface area contributed by atoms with Gasteiger partial charge in [-0.1, -0.05) is 0 Å². The first-order chi connectivity index (χ1) is 11.1. The molecular formula is C17H24N4O2. The quantitative estimate of drug-likeness (QED) is 0.864. The Morgan fingerprint density at radius 3 is 2.65 bits per heavy atom. The van der Waals surface area contributed by atoms with Gasteiger partial charge in [-0.25, -0.2) is 0 Å². The Balaban J connectivity index is 1.74. The summed E-state index contributed by atoms with van der Waals surface area (Å²) in [6.45, 7) is 8.59. The highest BCUT2D eigenvalue weighted by Gasteiger charge is 2.26. The van der Waals surface area contributed by atoms with E-state index in [0.717, 1.165) is 43.1 Å². The topological polar surface area (TPSA) is 64.3 Å². The van der Waals surface area contributed by atoms with Crippen LogP contribution in [0.25, 0.3) is 11.6 Å². The minimum absolute atomic E-state index is 0.346. The smallest absolute Gasteiger partial charge is 0.266 e. The fraction of sp³-hybridized carbons (Fsp3) is 0.588. The standard InChI is InChI=1S/C17H24N4O2/c1-11(2)21-7-5-13(6-8-21)16-19-20-17(23-16)14-9-15(22-4)12(3)10-18-14/h9-11,13H,5-8H2,1-4H3. The highest BCUT2D eigenvalue weighted by Crippen LogP contribution is 2.30. The van der Waals surface area contributed by atoms with Crippen LogP contribution in [0.1, 0.15) is 44.1 Å². The Morgan fingerprint density at radius 2 is 2.00 bits per heavy atom. The summed E-state index contributed by atoms with van der Waals surface area (Å²) in [5.41, 5.74) is 1.64. The van der Waals surface area contributed by atoms with Gasteiger partial charge in [0.2, 0.25) is 5.89 Å². The molecular weight excluding hydrogens is 292 g/mol. The molecule has 2 aromatic heterocycles. The summed E-state index contributed by atoms with van der Waals surface area (Å²) < 4.78 is 11.2. The lowest BCUT2D eigenvalue weighted by molar-refractivity contribution is 0.163. The molecule has 3 heterocycles. The van der Waals surface area contributed by atoms with Crippen molar-refractivity contribution in [1.82, 2.24) is 20.1 Å². The maximum Gasteiger partial charge on any atom is 0.266 e. The van der Waals surface area contributed by atoms with Gasteiger partial charge >= 0.3 is 0 Å². The Bertz CT molecular complexity index is 660. The van der Waals surface area contributed by atoms with Crippen LogP contribution in [0.4, 0.5) is 0 Å². The zero-order valence-corrected chi connectivity index (χ0v) is 14.2. The number of likely N-dealkylation sites (tertiary alicyclic amines) is 1. The van der Waals surface area contributed by atoms with Crippen molar-refractivity contribution in [3.05, 3.63) is 23.7 Å². The summed E-state index contributed by atoms with van der Waals surface area (Å²) in [6.07, 6.45) is 3.88. The van der Waals surface area contributed by atoms with Crippen molar-refractivity contribution in [2.45, 2.75) is 45.6 Å². The molecule has 0 atom stereocenters. The van der Waals surface area contributed by atoms with Gasteiger partial charge in [0.1, 0.15) is 11.4 Å². The van der Waals surface area contributed by atoms with Crippen molar-refractivity contribution in [3.63, 3.8) is 0 Å². The number of pyridine rings is 1. The molecule has 6 nitrogen and oxygen atoms in total. The summed E-state index contributed by atoms with van der Waals surface area (Å²) in [4.78, 5) is 6.85. The van der Waals surface area contributed by atoms with Gasteiger partial charge in [-0.3, -0.25) is 4.98 Å². The number of hydrogen-bond acceptors (Lipinski definition) is 6. The van der Waals surface area contributed by atoms with Crippen LogP contribution < -0.4 is 4.74 Å².